The van der Waals surface area contributed by atoms with Gasteiger partial charge in [-0.05, 0) is 43.2 Å². The van der Waals surface area contributed by atoms with Crippen LogP contribution >= 0.6 is 11.8 Å². The Morgan fingerprint density at radius 1 is 1.23 bits per heavy atom. The molecule has 0 saturated carbocycles. The molecule has 0 aliphatic carbocycles. The van der Waals surface area contributed by atoms with Crippen LogP contribution in [0.1, 0.15) is 19.3 Å². The van der Waals surface area contributed by atoms with Crippen LogP contribution in [0.2, 0.25) is 0 Å². The molecule has 3 heteroatoms. The number of carbonyl (C=O) groups excluding carboxylic acids is 1. The summed E-state index contributed by atoms with van der Waals surface area (Å²) in [5.41, 5.74) is 0. The summed E-state index contributed by atoms with van der Waals surface area (Å²) in [6.07, 6.45) is 3.61. The molecule has 13 heavy (non-hydrogen) atoms. The van der Waals surface area contributed by atoms with Crippen molar-refractivity contribution in [3.05, 3.63) is 0 Å². The third kappa shape index (κ3) is 2.26. The molecule has 0 radical (unpaired) electrons. The largest absolute Gasteiger partial charge is 0.310 e. The SMILES string of the molecule is O=C1CNCCC1C1CCSCC1. The Morgan fingerprint density at radius 2 is 2.00 bits per heavy atom. The zero-order valence-electron chi connectivity index (χ0n) is 7.92. The first kappa shape index (κ1) is 9.53. The van der Waals surface area contributed by atoms with E-state index in [9.17, 15) is 4.79 Å². The van der Waals surface area contributed by atoms with Gasteiger partial charge in [-0.15, -0.1) is 0 Å². The van der Waals surface area contributed by atoms with Crippen LogP contribution in [0.4, 0.5) is 0 Å². The van der Waals surface area contributed by atoms with E-state index in [1.165, 1.54) is 24.3 Å². The maximum Gasteiger partial charge on any atom is 0.150 e. The zero-order chi connectivity index (χ0) is 9.10. The Labute approximate surface area is 83.8 Å². The predicted molar refractivity (Wildman–Crippen MR) is 56.0 cm³/mol. The Hall–Kier alpha value is -0.0200. The molecule has 74 valence electrons. The minimum Gasteiger partial charge on any atom is -0.310 e. The van der Waals surface area contributed by atoms with Gasteiger partial charge in [0.05, 0.1) is 6.54 Å². The average molecular weight is 199 g/mol. The van der Waals surface area contributed by atoms with Crippen molar-refractivity contribution < 1.29 is 4.79 Å². The number of rotatable bonds is 1. The average Bonchev–Trinajstić information content (AvgIpc) is 2.20. The molecular weight excluding hydrogens is 182 g/mol. The van der Waals surface area contributed by atoms with Gasteiger partial charge in [-0.25, -0.2) is 0 Å². The normalized spacial score (nSPS) is 32.0. The van der Waals surface area contributed by atoms with Crippen LogP contribution in [0.25, 0.3) is 0 Å². The second-order valence-corrected chi connectivity index (χ2v) is 5.21. The molecule has 1 unspecified atom stereocenters. The monoisotopic (exact) mass is 199 g/mol. The standard InChI is InChI=1S/C10H17NOS/c12-10-7-11-4-1-9(10)8-2-5-13-6-3-8/h8-9,11H,1-7H2. The molecule has 0 amide bonds. The molecule has 1 atom stereocenters. The first-order valence-electron chi connectivity index (χ1n) is 5.19. The number of carbonyl (C=O) groups is 1. The lowest BCUT2D eigenvalue weighted by Gasteiger charge is -2.31. The minimum absolute atomic E-state index is 0.391. The number of ketones is 1. The van der Waals surface area contributed by atoms with Gasteiger partial charge in [-0.3, -0.25) is 4.79 Å². The maximum absolute atomic E-state index is 11.6. The molecule has 0 aromatic rings. The molecule has 2 fully saturated rings. The fourth-order valence-corrected chi connectivity index (χ4v) is 3.52. The molecule has 0 bridgehead atoms. The zero-order valence-corrected chi connectivity index (χ0v) is 8.74. The molecule has 1 N–H and O–H groups in total. The van der Waals surface area contributed by atoms with Crippen molar-refractivity contribution in [2.75, 3.05) is 24.6 Å². The second kappa shape index (κ2) is 4.47. The summed E-state index contributed by atoms with van der Waals surface area (Å²) < 4.78 is 0. The molecule has 2 nitrogen and oxygen atoms in total. The van der Waals surface area contributed by atoms with Gasteiger partial charge >= 0.3 is 0 Å². The minimum atomic E-state index is 0.391. The number of thioether (sulfide) groups is 1. The summed E-state index contributed by atoms with van der Waals surface area (Å²) in [5, 5.41) is 3.15. The van der Waals surface area contributed by atoms with Gasteiger partial charge in [-0.1, -0.05) is 0 Å². The highest BCUT2D eigenvalue weighted by atomic mass is 32.2. The second-order valence-electron chi connectivity index (χ2n) is 3.99. The van der Waals surface area contributed by atoms with Crippen molar-refractivity contribution in [2.24, 2.45) is 11.8 Å². The summed E-state index contributed by atoms with van der Waals surface area (Å²) in [7, 11) is 0. The number of hydrogen-bond donors (Lipinski definition) is 1. The van der Waals surface area contributed by atoms with E-state index < -0.39 is 0 Å². The van der Waals surface area contributed by atoms with Gasteiger partial charge in [0.2, 0.25) is 0 Å². The topological polar surface area (TPSA) is 29.1 Å². The van der Waals surface area contributed by atoms with Crippen LogP contribution in [0.5, 0.6) is 0 Å². The summed E-state index contributed by atoms with van der Waals surface area (Å²) >= 11 is 2.04. The van der Waals surface area contributed by atoms with Crippen molar-refractivity contribution in [1.29, 1.82) is 0 Å². The van der Waals surface area contributed by atoms with E-state index in [-0.39, 0.29) is 0 Å². The summed E-state index contributed by atoms with van der Waals surface area (Å²) in [6, 6.07) is 0. The van der Waals surface area contributed by atoms with Crippen LogP contribution in [-0.4, -0.2) is 30.4 Å². The Bertz CT molecular complexity index is 189. The van der Waals surface area contributed by atoms with Gasteiger partial charge in [0.15, 0.2) is 0 Å². The lowest BCUT2D eigenvalue weighted by molar-refractivity contribution is -0.125. The van der Waals surface area contributed by atoms with E-state index in [0.717, 1.165) is 13.0 Å². The van der Waals surface area contributed by atoms with E-state index in [0.29, 0.717) is 24.2 Å². The van der Waals surface area contributed by atoms with E-state index in [4.69, 9.17) is 0 Å². The third-order valence-electron chi connectivity index (χ3n) is 3.18. The molecule has 2 saturated heterocycles. The van der Waals surface area contributed by atoms with Crippen LogP contribution < -0.4 is 5.32 Å². The van der Waals surface area contributed by atoms with Crippen molar-refractivity contribution in [1.82, 2.24) is 5.32 Å². The Morgan fingerprint density at radius 3 is 2.69 bits per heavy atom. The number of piperidine rings is 1. The van der Waals surface area contributed by atoms with Gasteiger partial charge in [-0.2, -0.15) is 11.8 Å². The van der Waals surface area contributed by atoms with Gasteiger partial charge in [0.1, 0.15) is 5.78 Å². The van der Waals surface area contributed by atoms with Crippen LogP contribution in [0, 0.1) is 11.8 Å². The quantitative estimate of drug-likeness (QED) is 0.690. The summed E-state index contributed by atoms with van der Waals surface area (Å²) in [6.45, 7) is 1.66. The van der Waals surface area contributed by atoms with Crippen molar-refractivity contribution in [2.45, 2.75) is 19.3 Å². The number of hydrogen-bond acceptors (Lipinski definition) is 3. The lowest BCUT2D eigenvalue weighted by atomic mass is 9.80. The first-order chi connectivity index (χ1) is 6.38. The highest BCUT2D eigenvalue weighted by Gasteiger charge is 2.30. The first-order valence-corrected chi connectivity index (χ1v) is 6.34. The van der Waals surface area contributed by atoms with Gasteiger partial charge in [0.25, 0.3) is 0 Å². The van der Waals surface area contributed by atoms with Crippen molar-refractivity contribution in [3.8, 4) is 0 Å². The Balaban J connectivity index is 1.92. The van der Waals surface area contributed by atoms with Crippen LogP contribution in [0.3, 0.4) is 0 Å². The molecule has 2 heterocycles. The third-order valence-corrected chi connectivity index (χ3v) is 4.23. The molecule has 2 aliphatic rings. The van der Waals surface area contributed by atoms with E-state index in [1.54, 1.807) is 0 Å². The fourth-order valence-electron chi connectivity index (χ4n) is 2.38. The summed E-state index contributed by atoms with van der Waals surface area (Å²) in [5.74, 6) is 4.09. The van der Waals surface area contributed by atoms with E-state index in [1.807, 2.05) is 11.8 Å². The molecule has 2 aliphatic heterocycles. The smallest absolute Gasteiger partial charge is 0.150 e. The van der Waals surface area contributed by atoms with Gasteiger partial charge < -0.3 is 5.32 Å². The van der Waals surface area contributed by atoms with Gasteiger partial charge in [0, 0.05) is 5.92 Å². The molecule has 0 aromatic carbocycles. The maximum atomic E-state index is 11.6. The molecular formula is C10H17NOS. The van der Waals surface area contributed by atoms with E-state index >= 15 is 0 Å². The predicted octanol–water partition coefficient (Wildman–Crippen LogP) is 1.31. The fraction of sp³-hybridized carbons (Fsp3) is 0.900. The Kier molecular flexibility index (Phi) is 3.28. The van der Waals surface area contributed by atoms with Crippen molar-refractivity contribution >= 4 is 17.5 Å². The van der Waals surface area contributed by atoms with E-state index in [2.05, 4.69) is 5.32 Å². The lowest BCUT2D eigenvalue weighted by Crippen LogP contribution is -2.41. The molecule has 0 spiro atoms. The summed E-state index contributed by atoms with van der Waals surface area (Å²) in [4.78, 5) is 11.6. The molecule has 0 aromatic heterocycles. The number of Topliss-reactive ketones (excluding diaryl/α,β-unsaturated/α-hetero) is 1. The highest BCUT2D eigenvalue weighted by Crippen LogP contribution is 2.31. The number of nitrogens with one attached hydrogen (secondary N) is 1. The van der Waals surface area contributed by atoms with Crippen LogP contribution in [-0.2, 0) is 4.79 Å². The highest BCUT2D eigenvalue weighted by molar-refractivity contribution is 7.99. The molecule has 2 rings (SSSR count). The van der Waals surface area contributed by atoms with Crippen molar-refractivity contribution in [3.63, 3.8) is 0 Å². The van der Waals surface area contributed by atoms with Crippen LogP contribution in [0.15, 0.2) is 0 Å².